The Hall–Kier alpha value is -5.43. The molecule has 0 spiro atoms. The van der Waals surface area contributed by atoms with Crippen molar-refractivity contribution in [1.82, 2.24) is 36.6 Å². The molecule has 2 fully saturated rings. The molecule has 1 saturated carbocycles. The number of alkyl halides is 1. The summed E-state index contributed by atoms with van der Waals surface area (Å²) in [5.41, 5.74) is 2.09. The number of nitrogens with zero attached hydrogens (tertiary/aromatic N) is 2. The fraction of sp³-hybridized carbons (Fsp3) is 0.435. The second kappa shape index (κ2) is 22.8. The van der Waals surface area contributed by atoms with E-state index in [1.165, 1.54) is 28.4 Å². The van der Waals surface area contributed by atoms with E-state index in [9.17, 15) is 46.6 Å². The van der Waals surface area contributed by atoms with Crippen LogP contribution in [0.1, 0.15) is 68.1 Å². The predicted molar refractivity (Wildman–Crippen MR) is 253 cm³/mol. The monoisotopic (exact) mass is 1080 g/mol. The Bertz CT molecular complexity index is 2510. The third-order valence-electron chi connectivity index (χ3n) is 11.2. The molecule has 1 saturated heterocycles. The molecule has 2 heterocycles. The number of likely N-dealkylation sites (tertiary alicyclic amines) is 1. The molecule has 4 aromatic rings. The summed E-state index contributed by atoms with van der Waals surface area (Å²) in [6, 6.07) is 8.99. The molecule has 6 rings (SSSR count). The number of amides is 5. The van der Waals surface area contributed by atoms with E-state index in [-0.39, 0.29) is 63.4 Å². The van der Waals surface area contributed by atoms with Gasteiger partial charge in [-0.2, -0.15) is 0 Å². The van der Waals surface area contributed by atoms with Crippen molar-refractivity contribution in [3.8, 4) is 16.2 Å². The summed E-state index contributed by atoms with van der Waals surface area (Å²) in [5.74, 6) is -6.37. The second-order valence-electron chi connectivity index (χ2n) is 17.5. The summed E-state index contributed by atoms with van der Waals surface area (Å²) in [6.07, 6.45) is -0.510. The van der Waals surface area contributed by atoms with Gasteiger partial charge in [0.05, 0.1) is 45.7 Å². The van der Waals surface area contributed by atoms with Gasteiger partial charge < -0.3 is 41.3 Å². The smallest absolute Gasteiger partial charge is 0.277 e. The number of carbonyl (C=O) groups excluding carboxylic acids is 5. The van der Waals surface area contributed by atoms with Crippen molar-refractivity contribution >= 4 is 74.8 Å². The number of nitrogens with one attached hydrogen (secondary N) is 6. The highest BCUT2D eigenvalue weighted by Crippen LogP contribution is 2.41. The SMILES string of the molecule is Cc1ncsc1-c1ccc(CNC(=O)C2CC(O)CN2C(=O)[C@@H](NC(=O)C2(F)CC2)C(C)(C)C)c(OCC(=O)NCCNCCCONC(=O)c2ccc(F)c(F)c2Nc2ccc(I)cc2F)c1. The van der Waals surface area contributed by atoms with Crippen molar-refractivity contribution in [3.63, 3.8) is 0 Å². The number of hydroxylamine groups is 1. The summed E-state index contributed by atoms with van der Waals surface area (Å²) < 4.78 is 64.4. The number of hydrogen-bond acceptors (Lipinski definition) is 12. The number of anilines is 2. The van der Waals surface area contributed by atoms with Crippen molar-refractivity contribution in [2.75, 3.05) is 44.7 Å². The molecule has 68 heavy (non-hydrogen) atoms. The molecule has 22 heteroatoms. The molecule has 3 atom stereocenters. The molecule has 2 aliphatic rings. The number of aromatic nitrogens is 1. The van der Waals surface area contributed by atoms with Crippen molar-refractivity contribution in [1.29, 1.82) is 0 Å². The van der Waals surface area contributed by atoms with Gasteiger partial charge in [-0.05, 0) is 103 Å². The number of thiazole rings is 1. The molecule has 5 amide bonds. The van der Waals surface area contributed by atoms with E-state index in [4.69, 9.17) is 9.57 Å². The molecule has 16 nitrogen and oxygen atoms in total. The topological polar surface area (TPSA) is 212 Å². The largest absolute Gasteiger partial charge is 0.483 e. The van der Waals surface area contributed by atoms with Crippen molar-refractivity contribution in [3.05, 3.63) is 91.9 Å². The molecule has 7 N–H and O–H groups in total. The Kier molecular flexibility index (Phi) is 17.4. The lowest BCUT2D eigenvalue weighted by atomic mass is 9.85. The van der Waals surface area contributed by atoms with Crippen LogP contribution in [0.2, 0.25) is 0 Å². The average Bonchev–Trinajstić information content (AvgIpc) is 3.70. The highest BCUT2D eigenvalue weighted by Gasteiger charge is 2.53. The van der Waals surface area contributed by atoms with Crippen LogP contribution in [-0.4, -0.2) is 108 Å². The summed E-state index contributed by atoms with van der Waals surface area (Å²) in [4.78, 5) is 77.6. The van der Waals surface area contributed by atoms with Crippen LogP contribution in [0.4, 0.5) is 28.9 Å². The van der Waals surface area contributed by atoms with Crippen LogP contribution >= 0.6 is 33.9 Å². The Labute approximate surface area is 407 Å². The number of β-amino-alcohol motifs (C(OH)–C–C–N with tert-alkyl or cyclic N) is 1. The minimum Gasteiger partial charge on any atom is -0.483 e. The van der Waals surface area contributed by atoms with Crippen LogP contribution in [0.3, 0.4) is 0 Å². The number of rotatable bonds is 21. The van der Waals surface area contributed by atoms with Gasteiger partial charge >= 0.3 is 0 Å². The predicted octanol–water partition coefficient (Wildman–Crippen LogP) is 5.33. The molecule has 0 bridgehead atoms. The van der Waals surface area contributed by atoms with Crippen LogP contribution in [-0.2, 0) is 30.6 Å². The third-order valence-corrected chi connectivity index (χ3v) is 12.8. The fourth-order valence-corrected chi connectivity index (χ4v) is 8.47. The van der Waals surface area contributed by atoms with E-state index in [1.807, 2.05) is 35.6 Å². The zero-order valence-electron chi connectivity index (χ0n) is 37.7. The minimum absolute atomic E-state index is 0.0402. The first kappa shape index (κ1) is 52.0. The van der Waals surface area contributed by atoms with Gasteiger partial charge in [0.15, 0.2) is 23.9 Å². The van der Waals surface area contributed by atoms with Crippen LogP contribution in [0.15, 0.2) is 54.0 Å². The van der Waals surface area contributed by atoms with Gasteiger partial charge in [0.2, 0.25) is 11.8 Å². The number of ether oxygens (including phenoxy) is 1. The zero-order valence-corrected chi connectivity index (χ0v) is 40.7. The molecular formula is C46H53F4IN8O8S. The quantitative estimate of drug-likeness (QED) is 0.0245. The molecular weight excluding hydrogens is 1030 g/mol. The first-order valence-corrected chi connectivity index (χ1v) is 23.7. The lowest BCUT2D eigenvalue weighted by Crippen LogP contribution is -2.59. The summed E-state index contributed by atoms with van der Waals surface area (Å²) in [7, 11) is 0. The van der Waals surface area contributed by atoms with Crippen molar-refractivity contribution < 1.29 is 56.2 Å². The standard InChI is InChI=1S/C46H53F4IN8O8S/c1-25-39(68-24-55-25)26-6-7-27(21-54-42(63)34-20-29(60)22-59(34)43(64)40(45(2,3)4)57-44(65)46(50)12-13-46)35(18-26)66-23-36(61)53-16-15-52-14-5-17-67-58-41(62)30-9-10-31(47)37(49)38(30)56-33-11-8-28(51)19-32(33)48/h6-11,18-19,24,29,34,40,52,56,60H,5,12-17,20-23H2,1-4H3,(H,53,61)(H,54,63)(H,57,65)(H,58,62)/t29?,34?,40-/m1/s1. The summed E-state index contributed by atoms with van der Waals surface area (Å²) in [6.45, 7) is 7.48. The molecule has 2 unspecified atom stereocenters. The lowest BCUT2D eigenvalue weighted by molar-refractivity contribution is -0.145. The average molecular weight is 1080 g/mol. The van der Waals surface area contributed by atoms with Crippen molar-refractivity contribution in [2.45, 2.75) is 83.8 Å². The number of aliphatic hydroxyl groups is 1. The van der Waals surface area contributed by atoms with Gasteiger partial charge in [-0.15, -0.1) is 11.3 Å². The van der Waals surface area contributed by atoms with Gasteiger partial charge in [-0.1, -0.05) is 32.9 Å². The minimum atomic E-state index is -2.01. The maximum Gasteiger partial charge on any atom is 0.277 e. The zero-order chi connectivity index (χ0) is 49.3. The van der Waals surface area contributed by atoms with Crippen LogP contribution in [0.5, 0.6) is 5.75 Å². The Morgan fingerprint density at radius 3 is 2.46 bits per heavy atom. The number of aliphatic hydroxyl groups excluding tert-OH is 1. The molecule has 3 aromatic carbocycles. The number of hydrogen-bond donors (Lipinski definition) is 7. The number of halogens is 5. The Balaban J connectivity index is 0.960. The van der Waals surface area contributed by atoms with E-state index in [0.29, 0.717) is 34.4 Å². The van der Waals surface area contributed by atoms with E-state index < -0.39 is 81.9 Å². The maximum atomic E-state index is 14.7. The first-order chi connectivity index (χ1) is 32.2. The highest BCUT2D eigenvalue weighted by molar-refractivity contribution is 14.1. The Morgan fingerprint density at radius 2 is 1.76 bits per heavy atom. The van der Waals surface area contributed by atoms with Crippen molar-refractivity contribution in [2.24, 2.45) is 5.41 Å². The van der Waals surface area contributed by atoms with Gasteiger partial charge in [-0.3, -0.25) is 28.8 Å². The Morgan fingerprint density at radius 1 is 1.00 bits per heavy atom. The maximum absolute atomic E-state index is 14.7. The second-order valence-corrected chi connectivity index (χ2v) is 19.6. The summed E-state index contributed by atoms with van der Waals surface area (Å²) in [5, 5.41) is 24.3. The number of aryl methyl sites for hydroxylation is 1. The van der Waals surface area contributed by atoms with Gasteiger partial charge in [0.25, 0.3) is 17.7 Å². The third kappa shape index (κ3) is 13.4. The number of carbonyl (C=O) groups is 5. The van der Waals surface area contributed by atoms with Crippen LogP contribution in [0.25, 0.3) is 10.4 Å². The number of benzene rings is 3. The fourth-order valence-electron chi connectivity index (χ4n) is 7.21. The summed E-state index contributed by atoms with van der Waals surface area (Å²) >= 11 is 3.32. The van der Waals surface area contributed by atoms with Gasteiger partial charge in [-0.25, -0.2) is 28.0 Å². The molecule has 1 aromatic heterocycles. The van der Waals surface area contributed by atoms with Gasteiger partial charge in [0.1, 0.15) is 23.7 Å². The van der Waals surface area contributed by atoms with Gasteiger partial charge in [0, 0.05) is 41.7 Å². The lowest BCUT2D eigenvalue weighted by Gasteiger charge is -2.35. The van der Waals surface area contributed by atoms with E-state index in [2.05, 4.69) is 37.0 Å². The molecule has 0 radical (unpaired) electrons. The molecule has 366 valence electrons. The van der Waals surface area contributed by atoms with Crippen LogP contribution < -0.4 is 36.8 Å². The van der Waals surface area contributed by atoms with Crippen LogP contribution in [0, 0.1) is 33.4 Å². The molecule has 1 aliphatic heterocycles. The first-order valence-electron chi connectivity index (χ1n) is 21.8. The molecule has 1 aliphatic carbocycles. The van der Waals surface area contributed by atoms with E-state index in [0.717, 1.165) is 28.3 Å². The highest BCUT2D eigenvalue weighted by atomic mass is 127. The van der Waals surface area contributed by atoms with E-state index >= 15 is 0 Å². The van der Waals surface area contributed by atoms with E-state index in [1.54, 1.807) is 44.5 Å². The normalized spacial score (nSPS) is 16.7.